The van der Waals surface area contributed by atoms with Crippen LogP contribution in [-0.2, 0) is 17.8 Å². The molecule has 0 saturated carbocycles. The zero-order valence-corrected chi connectivity index (χ0v) is 12.1. The SMILES string of the molecule is CSC(C)(C)CNC(=O)Cc1ccccc1CN. The van der Waals surface area contributed by atoms with E-state index in [1.807, 2.05) is 24.3 Å². The average Bonchev–Trinajstić information content (AvgIpc) is 2.37. The van der Waals surface area contributed by atoms with Crippen molar-refractivity contribution in [2.75, 3.05) is 12.8 Å². The van der Waals surface area contributed by atoms with Crippen molar-refractivity contribution in [3.63, 3.8) is 0 Å². The van der Waals surface area contributed by atoms with Gasteiger partial charge in [-0.3, -0.25) is 4.79 Å². The van der Waals surface area contributed by atoms with Crippen molar-refractivity contribution in [2.24, 2.45) is 5.73 Å². The Morgan fingerprint density at radius 3 is 2.50 bits per heavy atom. The van der Waals surface area contributed by atoms with E-state index in [0.717, 1.165) is 11.1 Å². The number of nitrogens with one attached hydrogen (secondary N) is 1. The number of rotatable bonds is 6. The molecule has 0 saturated heterocycles. The van der Waals surface area contributed by atoms with E-state index in [-0.39, 0.29) is 10.7 Å². The van der Waals surface area contributed by atoms with Crippen molar-refractivity contribution >= 4 is 17.7 Å². The fraction of sp³-hybridized carbons (Fsp3) is 0.500. The van der Waals surface area contributed by atoms with Crippen LogP contribution in [0, 0.1) is 0 Å². The number of thioether (sulfide) groups is 1. The summed E-state index contributed by atoms with van der Waals surface area (Å²) in [6, 6.07) is 7.81. The Kier molecular flexibility index (Phi) is 5.69. The Labute approximate surface area is 114 Å². The van der Waals surface area contributed by atoms with Gasteiger partial charge in [0.05, 0.1) is 6.42 Å². The van der Waals surface area contributed by atoms with E-state index in [9.17, 15) is 4.79 Å². The number of carbonyl (C=O) groups excluding carboxylic acids is 1. The third kappa shape index (κ3) is 4.70. The summed E-state index contributed by atoms with van der Waals surface area (Å²) in [7, 11) is 0. The molecule has 1 amide bonds. The first-order valence-corrected chi connectivity index (χ1v) is 7.29. The summed E-state index contributed by atoms with van der Waals surface area (Å²) in [4.78, 5) is 11.9. The highest BCUT2D eigenvalue weighted by atomic mass is 32.2. The lowest BCUT2D eigenvalue weighted by atomic mass is 10.0. The van der Waals surface area contributed by atoms with Crippen LogP contribution < -0.4 is 11.1 Å². The molecule has 0 radical (unpaired) electrons. The van der Waals surface area contributed by atoms with Crippen LogP contribution in [0.25, 0.3) is 0 Å². The molecule has 1 rings (SSSR count). The normalized spacial score (nSPS) is 11.3. The fourth-order valence-electron chi connectivity index (χ4n) is 1.55. The van der Waals surface area contributed by atoms with Crippen LogP contribution in [0.4, 0.5) is 0 Å². The van der Waals surface area contributed by atoms with Gasteiger partial charge in [0.2, 0.25) is 5.91 Å². The van der Waals surface area contributed by atoms with Crippen molar-refractivity contribution in [1.29, 1.82) is 0 Å². The van der Waals surface area contributed by atoms with Gasteiger partial charge in [0.1, 0.15) is 0 Å². The van der Waals surface area contributed by atoms with Crippen LogP contribution in [-0.4, -0.2) is 23.5 Å². The van der Waals surface area contributed by atoms with Gasteiger partial charge in [-0.1, -0.05) is 24.3 Å². The van der Waals surface area contributed by atoms with E-state index >= 15 is 0 Å². The van der Waals surface area contributed by atoms with E-state index in [1.54, 1.807) is 11.8 Å². The molecule has 0 heterocycles. The lowest BCUT2D eigenvalue weighted by Gasteiger charge is -2.22. The molecule has 1 aromatic rings. The first-order chi connectivity index (χ1) is 8.48. The number of nitrogens with two attached hydrogens (primary N) is 1. The molecular weight excluding hydrogens is 244 g/mol. The van der Waals surface area contributed by atoms with Crippen molar-refractivity contribution in [1.82, 2.24) is 5.32 Å². The minimum Gasteiger partial charge on any atom is -0.354 e. The van der Waals surface area contributed by atoms with Crippen molar-refractivity contribution in [2.45, 2.75) is 31.6 Å². The van der Waals surface area contributed by atoms with Crippen molar-refractivity contribution < 1.29 is 4.79 Å². The van der Waals surface area contributed by atoms with Gasteiger partial charge in [0.15, 0.2) is 0 Å². The van der Waals surface area contributed by atoms with Crippen LogP contribution in [0.5, 0.6) is 0 Å². The summed E-state index contributed by atoms with van der Waals surface area (Å²) in [5.74, 6) is 0.0537. The molecule has 0 spiro atoms. The predicted molar refractivity (Wildman–Crippen MR) is 78.6 cm³/mol. The summed E-state index contributed by atoms with van der Waals surface area (Å²) in [5, 5.41) is 2.97. The third-order valence-electron chi connectivity index (χ3n) is 2.95. The first-order valence-electron chi connectivity index (χ1n) is 6.07. The maximum absolute atomic E-state index is 11.9. The molecule has 0 aliphatic rings. The zero-order chi connectivity index (χ0) is 13.6. The minimum absolute atomic E-state index is 0.0537. The average molecular weight is 266 g/mol. The number of hydrogen-bond donors (Lipinski definition) is 2. The third-order valence-corrected chi connectivity index (χ3v) is 4.20. The zero-order valence-electron chi connectivity index (χ0n) is 11.3. The Balaban J connectivity index is 2.55. The number of benzene rings is 1. The lowest BCUT2D eigenvalue weighted by Crippen LogP contribution is -2.37. The van der Waals surface area contributed by atoms with E-state index in [0.29, 0.717) is 19.5 Å². The van der Waals surface area contributed by atoms with Crippen LogP contribution in [0.3, 0.4) is 0 Å². The highest BCUT2D eigenvalue weighted by molar-refractivity contribution is 7.99. The topological polar surface area (TPSA) is 55.1 Å². The maximum Gasteiger partial charge on any atom is 0.224 e. The Bertz CT molecular complexity index is 405. The number of hydrogen-bond acceptors (Lipinski definition) is 3. The Morgan fingerprint density at radius 2 is 1.94 bits per heavy atom. The molecule has 4 heteroatoms. The molecule has 0 atom stereocenters. The molecule has 0 bridgehead atoms. The van der Waals surface area contributed by atoms with E-state index < -0.39 is 0 Å². The van der Waals surface area contributed by atoms with Crippen molar-refractivity contribution in [3.8, 4) is 0 Å². The first kappa shape index (κ1) is 15.1. The second kappa shape index (κ2) is 6.81. The molecule has 100 valence electrons. The van der Waals surface area contributed by atoms with Crippen LogP contribution in [0.15, 0.2) is 24.3 Å². The summed E-state index contributed by atoms with van der Waals surface area (Å²) >= 11 is 1.75. The van der Waals surface area contributed by atoms with Gasteiger partial charge < -0.3 is 11.1 Å². The molecule has 0 aliphatic heterocycles. The molecule has 3 nitrogen and oxygen atoms in total. The summed E-state index contributed by atoms with van der Waals surface area (Å²) in [6.07, 6.45) is 2.45. The van der Waals surface area contributed by atoms with Gasteiger partial charge in [0.25, 0.3) is 0 Å². The minimum atomic E-state index is 0.0537. The highest BCUT2D eigenvalue weighted by Crippen LogP contribution is 2.19. The van der Waals surface area contributed by atoms with Gasteiger partial charge in [-0.05, 0) is 31.2 Å². The molecule has 3 N–H and O–H groups in total. The molecule has 1 aromatic carbocycles. The quantitative estimate of drug-likeness (QED) is 0.827. The number of amides is 1. The molecule has 0 aliphatic carbocycles. The molecule has 0 fully saturated rings. The summed E-state index contributed by atoms with van der Waals surface area (Å²) in [5.41, 5.74) is 7.71. The van der Waals surface area contributed by atoms with Gasteiger partial charge in [0, 0.05) is 17.8 Å². The molecule has 0 unspecified atom stereocenters. The lowest BCUT2D eigenvalue weighted by molar-refractivity contribution is -0.120. The van der Waals surface area contributed by atoms with Gasteiger partial charge in [-0.25, -0.2) is 0 Å². The Morgan fingerprint density at radius 1 is 1.33 bits per heavy atom. The highest BCUT2D eigenvalue weighted by Gasteiger charge is 2.17. The fourth-order valence-corrected chi connectivity index (χ4v) is 1.76. The Hall–Kier alpha value is -1.00. The summed E-state index contributed by atoms with van der Waals surface area (Å²) in [6.45, 7) is 5.38. The second-order valence-corrected chi connectivity index (χ2v) is 6.40. The second-order valence-electron chi connectivity index (χ2n) is 4.89. The molecule has 18 heavy (non-hydrogen) atoms. The van der Waals surface area contributed by atoms with E-state index in [4.69, 9.17) is 5.73 Å². The summed E-state index contributed by atoms with van der Waals surface area (Å²) < 4.78 is 0.0725. The largest absolute Gasteiger partial charge is 0.354 e. The van der Waals surface area contributed by atoms with Gasteiger partial charge >= 0.3 is 0 Å². The van der Waals surface area contributed by atoms with E-state index in [1.165, 1.54) is 0 Å². The van der Waals surface area contributed by atoms with E-state index in [2.05, 4.69) is 25.4 Å². The monoisotopic (exact) mass is 266 g/mol. The van der Waals surface area contributed by atoms with Crippen LogP contribution in [0.1, 0.15) is 25.0 Å². The predicted octanol–water partition coefficient (Wildman–Crippen LogP) is 1.95. The van der Waals surface area contributed by atoms with Crippen LogP contribution in [0.2, 0.25) is 0 Å². The number of carbonyl (C=O) groups is 1. The van der Waals surface area contributed by atoms with Crippen molar-refractivity contribution in [3.05, 3.63) is 35.4 Å². The maximum atomic E-state index is 11.9. The molecule has 0 aromatic heterocycles. The molecular formula is C14H22N2OS. The van der Waals surface area contributed by atoms with Gasteiger partial charge in [-0.15, -0.1) is 0 Å². The smallest absolute Gasteiger partial charge is 0.224 e. The van der Waals surface area contributed by atoms with Crippen LogP contribution >= 0.6 is 11.8 Å². The standard InChI is InChI=1S/C14H22N2OS/c1-14(2,18-3)10-16-13(17)8-11-6-4-5-7-12(11)9-15/h4-7H,8-10,15H2,1-3H3,(H,16,17). The van der Waals surface area contributed by atoms with Gasteiger partial charge in [-0.2, -0.15) is 11.8 Å².